The van der Waals surface area contributed by atoms with E-state index in [4.69, 9.17) is 5.73 Å². The molecule has 0 aliphatic carbocycles. The number of aromatic nitrogens is 2. The highest BCUT2D eigenvalue weighted by atomic mass is 16.2. The van der Waals surface area contributed by atoms with Gasteiger partial charge in [-0.3, -0.25) is 18.8 Å². The molecule has 0 radical (unpaired) electrons. The molecule has 138 valence electrons. The van der Waals surface area contributed by atoms with Crippen LogP contribution in [-0.4, -0.2) is 52.3 Å². The van der Waals surface area contributed by atoms with Crippen LogP contribution in [0.5, 0.6) is 0 Å². The molecule has 1 aliphatic rings. The summed E-state index contributed by atoms with van der Waals surface area (Å²) in [4.78, 5) is 42.6. The van der Waals surface area contributed by atoms with Gasteiger partial charge in [-0.2, -0.15) is 0 Å². The molecule has 0 saturated carbocycles. The van der Waals surface area contributed by atoms with Crippen LogP contribution >= 0.6 is 0 Å². The topological polar surface area (TPSA) is 110 Å². The minimum Gasteiger partial charge on any atom is -0.369 e. The van der Waals surface area contributed by atoms with E-state index < -0.39 is 5.91 Å². The lowest BCUT2D eigenvalue weighted by Crippen LogP contribution is -2.44. The minimum absolute atomic E-state index is 0.0189. The number of aryl methyl sites for hydroxylation is 1. The number of amides is 2. The lowest BCUT2D eigenvalue weighted by Gasteiger charge is -2.31. The van der Waals surface area contributed by atoms with Crippen molar-refractivity contribution in [1.82, 2.24) is 19.6 Å². The highest BCUT2D eigenvalue weighted by molar-refractivity contribution is 5.93. The van der Waals surface area contributed by atoms with Crippen molar-refractivity contribution < 1.29 is 9.59 Å². The van der Waals surface area contributed by atoms with Crippen molar-refractivity contribution in [1.29, 1.82) is 0 Å². The third-order valence-corrected chi connectivity index (χ3v) is 4.79. The summed E-state index contributed by atoms with van der Waals surface area (Å²) in [6, 6.07) is 5.33. The van der Waals surface area contributed by atoms with Gasteiger partial charge in [0.25, 0.3) is 11.5 Å². The predicted molar refractivity (Wildman–Crippen MR) is 96.9 cm³/mol. The van der Waals surface area contributed by atoms with E-state index in [1.807, 2.05) is 6.07 Å². The molecule has 8 heteroatoms. The number of nitrogens with zero attached hydrogens (tertiary/aromatic N) is 3. The number of nitrogens with one attached hydrogen (secondary N) is 1. The van der Waals surface area contributed by atoms with Crippen LogP contribution in [0, 0.1) is 12.8 Å². The van der Waals surface area contributed by atoms with E-state index >= 15 is 0 Å². The average molecular weight is 357 g/mol. The van der Waals surface area contributed by atoms with Gasteiger partial charge in [-0.25, -0.2) is 4.98 Å². The number of rotatable bonds is 5. The zero-order valence-corrected chi connectivity index (χ0v) is 14.8. The van der Waals surface area contributed by atoms with Crippen molar-refractivity contribution in [2.45, 2.75) is 19.8 Å². The predicted octanol–water partition coefficient (Wildman–Crippen LogP) is -0.0700. The Morgan fingerprint density at radius 2 is 2.19 bits per heavy atom. The molecule has 1 fully saturated rings. The number of carbonyl (C=O) groups excluding carboxylic acids is 2. The largest absolute Gasteiger partial charge is 0.369 e. The molecule has 0 aromatic carbocycles. The molecule has 0 unspecified atom stereocenters. The first-order valence-corrected chi connectivity index (χ1v) is 8.74. The molecule has 2 aromatic heterocycles. The summed E-state index contributed by atoms with van der Waals surface area (Å²) in [5, 5.41) is 2.77. The Labute approximate surface area is 151 Å². The van der Waals surface area contributed by atoms with Crippen LogP contribution in [0.15, 0.2) is 29.2 Å². The number of hydrogen-bond acceptors (Lipinski definition) is 5. The van der Waals surface area contributed by atoms with E-state index in [1.165, 1.54) is 10.6 Å². The number of fused-ring (bicyclic) bond motifs is 1. The Morgan fingerprint density at radius 3 is 2.96 bits per heavy atom. The second kappa shape index (κ2) is 7.65. The molecule has 3 heterocycles. The van der Waals surface area contributed by atoms with Crippen molar-refractivity contribution in [3.63, 3.8) is 0 Å². The van der Waals surface area contributed by atoms with Crippen molar-refractivity contribution in [3.05, 3.63) is 46.0 Å². The van der Waals surface area contributed by atoms with E-state index in [2.05, 4.69) is 15.2 Å². The summed E-state index contributed by atoms with van der Waals surface area (Å²) in [6.07, 6.45) is 3.05. The quantitative estimate of drug-likeness (QED) is 0.778. The van der Waals surface area contributed by atoms with Gasteiger partial charge < -0.3 is 16.0 Å². The van der Waals surface area contributed by atoms with Gasteiger partial charge in [-0.05, 0) is 38.4 Å². The third kappa shape index (κ3) is 3.75. The maximum absolute atomic E-state index is 12.6. The smallest absolute Gasteiger partial charge is 0.270 e. The molecule has 3 rings (SSSR count). The van der Waals surface area contributed by atoms with E-state index in [0.29, 0.717) is 25.3 Å². The molecule has 3 N–H and O–H groups in total. The minimum atomic E-state index is -0.441. The Hall–Kier alpha value is -2.74. The standard InChI is InChI=1S/C18H23N5O3/c1-12-4-2-6-15-21-10-14(18(26)23(12)15)17(25)20-7-9-22-8-3-5-13(11-22)16(19)24/h2,4,6,10,13H,3,5,7-9,11H2,1H3,(H2,19,24)(H,20,25)/t13-/m1/s1. The second-order valence-corrected chi connectivity index (χ2v) is 6.64. The molecule has 8 nitrogen and oxygen atoms in total. The van der Waals surface area contributed by atoms with Gasteiger partial charge in [0.05, 0.1) is 5.92 Å². The maximum Gasteiger partial charge on any atom is 0.270 e. The van der Waals surface area contributed by atoms with E-state index in [0.717, 1.165) is 25.1 Å². The first-order valence-electron chi connectivity index (χ1n) is 8.74. The second-order valence-electron chi connectivity index (χ2n) is 6.64. The molecule has 26 heavy (non-hydrogen) atoms. The first kappa shape index (κ1) is 18.1. The van der Waals surface area contributed by atoms with Crippen LogP contribution in [0.25, 0.3) is 5.65 Å². The van der Waals surface area contributed by atoms with Crippen LogP contribution in [0.3, 0.4) is 0 Å². The Morgan fingerprint density at radius 1 is 1.38 bits per heavy atom. The molecule has 1 saturated heterocycles. The first-order chi connectivity index (χ1) is 12.5. The fraction of sp³-hybridized carbons (Fsp3) is 0.444. The van der Waals surface area contributed by atoms with Gasteiger partial charge in [-0.15, -0.1) is 0 Å². The van der Waals surface area contributed by atoms with Gasteiger partial charge in [0.2, 0.25) is 5.91 Å². The molecule has 1 atom stereocenters. The summed E-state index contributed by atoms with van der Waals surface area (Å²) in [6.45, 7) is 4.28. The Bertz CT molecular complexity index is 892. The van der Waals surface area contributed by atoms with Crippen molar-refractivity contribution in [3.8, 4) is 0 Å². The van der Waals surface area contributed by atoms with Crippen LogP contribution in [0.2, 0.25) is 0 Å². The van der Waals surface area contributed by atoms with Gasteiger partial charge in [0.15, 0.2) is 0 Å². The normalized spacial score (nSPS) is 18.0. The number of pyridine rings is 1. The Balaban J connectivity index is 1.63. The molecule has 2 aromatic rings. The van der Waals surface area contributed by atoms with Crippen molar-refractivity contribution in [2.24, 2.45) is 11.7 Å². The number of primary amides is 1. The van der Waals surface area contributed by atoms with Gasteiger partial charge >= 0.3 is 0 Å². The lowest BCUT2D eigenvalue weighted by molar-refractivity contribution is -0.123. The van der Waals surface area contributed by atoms with Crippen LogP contribution in [0.1, 0.15) is 28.9 Å². The third-order valence-electron chi connectivity index (χ3n) is 4.79. The van der Waals surface area contributed by atoms with Crippen molar-refractivity contribution in [2.75, 3.05) is 26.2 Å². The van der Waals surface area contributed by atoms with Gasteiger partial charge in [0.1, 0.15) is 11.2 Å². The number of likely N-dealkylation sites (tertiary alicyclic amines) is 1. The summed E-state index contributed by atoms with van der Waals surface area (Å²) in [5.74, 6) is -0.843. The molecule has 0 spiro atoms. The van der Waals surface area contributed by atoms with E-state index in [9.17, 15) is 14.4 Å². The van der Waals surface area contributed by atoms with Gasteiger partial charge in [-0.1, -0.05) is 6.07 Å². The van der Waals surface area contributed by atoms with Crippen LogP contribution in [0.4, 0.5) is 0 Å². The molecule has 0 bridgehead atoms. The highest BCUT2D eigenvalue weighted by Gasteiger charge is 2.23. The van der Waals surface area contributed by atoms with Crippen molar-refractivity contribution >= 4 is 17.5 Å². The number of hydrogen-bond donors (Lipinski definition) is 2. The fourth-order valence-electron chi connectivity index (χ4n) is 3.34. The zero-order valence-electron chi connectivity index (χ0n) is 14.8. The summed E-state index contributed by atoms with van der Waals surface area (Å²) < 4.78 is 1.43. The summed E-state index contributed by atoms with van der Waals surface area (Å²) in [7, 11) is 0. The lowest BCUT2D eigenvalue weighted by atomic mass is 9.97. The average Bonchev–Trinajstić information content (AvgIpc) is 2.62. The fourth-order valence-corrected chi connectivity index (χ4v) is 3.34. The number of piperidine rings is 1. The van der Waals surface area contributed by atoms with Crippen LogP contribution < -0.4 is 16.6 Å². The van der Waals surface area contributed by atoms with E-state index in [1.54, 1.807) is 19.1 Å². The summed E-state index contributed by atoms with van der Waals surface area (Å²) in [5.41, 5.74) is 6.25. The summed E-state index contributed by atoms with van der Waals surface area (Å²) >= 11 is 0. The highest BCUT2D eigenvalue weighted by Crippen LogP contribution is 2.15. The zero-order chi connectivity index (χ0) is 18.7. The molecular weight excluding hydrogens is 334 g/mol. The Kier molecular flexibility index (Phi) is 5.32. The molecular formula is C18H23N5O3. The SMILES string of the molecule is Cc1cccc2ncc(C(=O)NCCN3CCC[C@@H](C(N)=O)C3)c(=O)n12. The van der Waals surface area contributed by atoms with E-state index in [-0.39, 0.29) is 22.9 Å². The van der Waals surface area contributed by atoms with Crippen LogP contribution in [-0.2, 0) is 4.79 Å². The number of nitrogens with two attached hydrogens (primary N) is 1. The molecule has 2 amide bonds. The maximum atomic E-state index is 12.6. The monoisotopic (exact) mass is 357 g/mol. The molecule has 1 aliphatic heterocycles. The number of carbonyl (C=O) groups is 2. The van der Waals surface area contributed by atoms with Gasteiger partial charge in [0, 0.05) is 31.5 Å².